The molecular weight excluding hydrogens is 438 g/mol. The Bertz CT molecular complexity index is 1280. The van der Waals surface area contributed by atoms with Gasteiger partial charge in [-0.25, -0.2) is 4.98 Å². The number of nitriles is 1. The normalized spacial score (nSPS) is 11.5. The van der Waals surface area contributed by atoms with Crippen molar-refractivity contribution in [2.24, 2.45) is 0 Å². The lowest BCUT2D eigenvalue weighted by Gasteiger charge is -2.09. The molecule has 0 unspecified atom stereocenters. The first-order valence-electron chi connectivity index (χ1n) is 9.58. The number of imidazole rings is 1. The van der Waals surface area contributed by atoms with Crippen LogP contribution < -0.4 is 4.74 Å². The molecule has 3 aromatic carbocycles. The minimum absolute atomic E-state index is 0.476. The van der Waals surface area contributed by atoms with Crippen molar-refractivity contribution in [1.29, 1.82) is 5.26 Å². The Balaban J connectivity index is 1.55. The number of aryl methyl sites for hydroxylation is 2. The molecule has 0 aliphatic heterocycles. The summed E-state index contributed by atoms with van der Waals surface area (Å²) in [7, 11) is 0. The molecule has 0 saturated carbocycles. The second-order valence-electron chi connectivity index (χ2n) is 7.24. The summed E-state index contributed by atoms with van der Waals surface area (Å²) >= 11 is 3.58. The molecule has 4 rings (SSSR count). The molecule has 4 nitrogen and oxygen atoms in total. The third kappa shape index (κ3) is 4.45. The summed E-state index contributed by atoms with van der Waals surface area (Å²) < 4.78 is 6.77. The minimum Gasteiger partial charge on any atom is -0.488 e. The lowest BCUT2D eigenvalue weighted by molar-refractivity contribution is 0.304. The van der Waals surface area contributed by atoms with E-state index in [0.717, 1.165) is 37.9 Å². The molecule has 0 fully saturated rings. The van der Waals surface area contributed by atoms with Crippen LogP contribution in [0, 0.1) is 25.2 Å². The van der Waals surface area contributed by atoms with Crippen LogP contribution in [0.2, 0.25) is 0 Å². The molecule has 0 radical (unpaired) electrons. The standard InChI is InChI=1S/C25H20BrN3O/c1-16-3-6-18(7-4-16)15-30-24-10-8-19(13-21(24)26)12-20(14-27)25-28-22-9-5-17(2)11-23(22)29-25/h3-13H,15H2,1-2H3,(H,28,29)/b20-12-. The van der Waals surface area contributed by atoms with Crippen molar-refractivity contribution in [3.8, 4) is 11.8 Å². The number of aromatic nitrogens is 2. The zero-order chi connectivity index (χ0) is 21.1. The fraction of sp³-hybridized carbons (Fsp3) is 0.120. The van der Waals surface area contributed by atoms with Gasteiger partial charge in [0.25, 0.3) is 0 Å². The van der Waals surface area contributed by atoms with Gasteiger partial charge < -0.3 is 9.72 Å². The Labute approximate surface area is 184 Å². The van der Waals surface area contributed by atoms with Gasteiger partial charge in [-0.05, 0) is 76.8 Å². The van der Waals surface area contributed by atoms with E-state index in [1.54, 1.807) is 0 Å². The monoisotopic (exact) mass is 457 g/mol. The SMILES string of the molecule is Cc1ccc(COc2ccc(/C=C(/C#N)c3nc4ccc(C)cc4[nH]3)cc2Br)cc1. The zero-order valence-corrected chi connectivity index (χ0v) is 18.3. The molecule has 4 aromatic rings. The van der Waals surface area contributed by atoms with E-state index in [1.807, 2.05) is 49.4 Å². The van der Waals surface area contributed by atoms with Crippen LogP contribution >= 0.6 is 15.9 Å². The number of allylic oxidation sites excluding steroid dienone is 1. The van der Waals surface area contributed by atoms with Gasteiger partial charge in [-0.3, -0.25) is 0 Å². The molecule has 0 amide bonds. The topological polar surface area (TPSA) is 61.7 Å². The summed E-state index contributed by atoms with van der Waals surface area (Å²) in [6.45, 7) is 4.59. The fourth-order valence-electron chi connectivity index (χ4n) is 3.14. The number of nitrogens with zero attached hydrogens (tertiary/aromatic N) is 2. The predicted octanol–water partition coefficient (Wildman–Crippen LogP) is 6.59. The van der Waals surface area contributed by atoms with E-state index in [1.165, 1.54) is 5.56 Å². The Morgan fingerprint density at radius 3 is 2.57 bits per heavy atom. The van der Waals surface area contributed by atoms with Gasteiger partial charge in [-0.15, -0.1) is 0 Å². The Kier molecular flexibility index (Phi) is 5.69. The summed E-state index contributed by atoms with van der Waals surface area (Å²) in [5, 5.41) is 9.66. The van der Waals surface area contributed by atoms with Gasteiger partial charge in [0, 0.05) is 0 Å². The number of nitrogens with one attached hydrogen (secondary N) is 1. The summed E-state index contributed by atoms with van der Waals surface area (Å²) in [6.07, 6.45) is 1.82. The second-order valence-corrected chi connectivity index (χ2v) is 8.09. The second kappa shape index (κ2) is 8.56. The van der Waals surface area contributed by atoms with Crippen LogP contribution in [0.15, 0.2) is 65.1 Å². The predicted molar refractivity (Wildman–Crippen MR) is 124 cm³/mol. The highest BCUT2D eigenvalue weighted by atomic mass is 79.9. The number of benzene rings is 3. The third-order valence-corrected chi connectivity index (χ3v) is 5.41. The van der Waals surface area contributed by atoms with E-state index in [9.17, 15) is 5.26 Å². The first-order chi connectivity index (χ1) is 14.5. The number of hydrogen-bond donors (Lipinski definition) is 1. The van der Waals surface area contributed by atoms with Crippen LogP contribution in [0.4, 0.5) is 0 Å². The fourth-order valence-corrected chi connectivity index (χ4v) is 3.65. The largest absolute Gasteiger partial charge is 0.488 e. The van der Waals surface area contributed by atoms with E-state index in [0.29, 0.717) is 18.0 Å². The molecule has 1 aromatic heterocycles. The smallest absolute Gasteiger partial charge is 0.149 e. The highest BCUT2D eigenvalue weighted by molar-refractivity contribution is 9.10. The van der Waals surface area contributed by atoms with Crippen LogP contribution in [0.1, 0.15) is 28.1 Å². The van der Waals surface area contributed by atoms with E-state index in [-0.39, 0.29) is 0 Å². The van der Waals surface area contributed by atoms with Crippen molar-refractivity contribution in [3.05, 3.63) is 93.2 Å². The average Bonchev–Trinajstić information content (AvgIpc) is 3.15. The van der Waals surface area contributed by atoms with E-state index < -0.39 is 0 Å². The number of halogens is 1. The molecule has 30 heavy (non-hydrogen) atoms. The minimum atomic E-state index is 0.476. The van der Waals surface area contributed by atoms with Crippen molar-refractivity contribution in [3.63, 3.8) is 0 Å². The van der Waals surface area contributed by atoms with Crippen LogP contribution in [-0.2, 0) is 6.61 Å². The van der Waals surface area contributed by atoms with Gasteiger partial charge in [-0.2, -0.15) is 5.26 Å². The molecule has 0 saturated heterocycles. The van der Waals surface area contributed by atoms with E-state index >= 15 is 0 Å². The van der Waals surface area contributed by atoms with Crippen molar-refractivity contribution < 1.29 is 4.74 Å². The molecule has 1 N–H and O–H groups in total. The number of H-pyrrole nitrogens is 1. The van der Waals surface area contributed by atoms with Crippen LogP contribution in [-0.4, -0.2) is 9.97 Å². The van der Waals surface area contributed by atoms with Gasteiger partial charge in [0.05, 0.1) is 21.1 Å². The number of rotatable bonds is 5. The van der Waals surface area contributed by atoms with Gasteiger partial charge in [0.15, 0.2) is 0 Å². The maximum Gasteiger partial charge on any atom is 0.149 e. The van der Waals surface area contributed by atoms with E-state index in [2.05, 4.69) is 63.2 Å². The Morgan fingerprint density at radius 2 is 1.83 bits per heavy atom. The van der Waals surface area contributed by atoms with Gasteiger partial charge in [0.1, 0.15) is 24.3 Å². The third-order valence-electron chi connectivity index (χ3n) is 4.79. The summed E-state index contributed by atoms with van der Waals surface area (Å²) in [5.41, 5.74) is 6.62. The lowest BCUT2D eigenvalue weighted by Crippen LogP contribution is -1.96. The molecule has 0 spiro atoms. The highest BCUT2D eigenvalue weighted by Gasteiger charge is 2.09. The Morgan fingerprint density at radius 1 is 1.07 bits per heavy atom. The van der Waals surface area contributed by atoms with E-state index in [4.69, 9.17) is 4.74 Å². The molecule has 0 atom stereocenters. The quantitative estimate of drug-likeness (QED) is 0.344. The van der Waals surface area contributed by atoms with Crippen molar-refractivity contribution in [2.45, 2.75) is 20.5 Å². The van der Waals surface area contributed by atoms with Crippen molar-refractivity contribution in [2.75, 3.05) is 0 Å². The number of aromatic amines is 1. The Hall–Kier alpha value is -3.36. The molecule has 0 aliphatic carbocycles. The number of hydrogen-bond acceptors (Lipinski definition) is 3. The van der Waals surface area contributed by atoms with Crippen molar-refractivity contribution >= 4 is 38.6 Å². The van der Waals surface area contributed by atoms with Gasteiger partial charge >= 0.3 is 0 Å². The number of ether oxygens (including phenoxy) is 1. The molecule has 0 bridgehead atoms. The maximum absolute atomic E-state index is 9.66. The van der Waals surface area contributed by atoms with Gasteiger partial charge in [0.2, 0.25) is 0 Å². The van der Waals surface area contributed by atoms with Crippen molar-refractivity contribution in [1.82, 2.24) is 9.97 Å². The highest BCUT2D eigenvalue weighted by Crippen LogP contribution is 2.29. The van der Waals surface area contributed by atoms with Crippen LogP contribution in [0.25, 0.3) is 22.7 Å². The van der Waals surface area contributed by atoms with Gasteiger partial charge in [-0.1, -0.05) is 42.0 Å². The summed E-state index contributed by atoms with van der Waals surface area (Å²) in [5.74, 6) is 1.32. The zero-order valence-electron chi connectivity index (χ0n) is 16.7. The molecule has 148 valence electrons. The first-order valence-corrected chi connectivity index (χ1v) is 10.4. The molecule has 0 aliphatic rings. The van der Waals surface area contributed by atoms with Crippen LogP contribution in [0.3, 0.4) is 0 Å². The summed E-state index contributed by atoms with van der Waals surface area (Å²) in [4.78, 5) is 7.79. The van der Waals surface area contributed by atoms with Crippen LogP contribution in [0.5, 0.6) is 5.75 Å². The first kappa shape index (κ1) is 19.9. The lowest BCUT2D eigenvalue weighted by atomic mass is 10.1. The summed E-state index contributed by atoms with van der Waals surface area (Å²) in [6, 6.07) is 22.3. The average molecular weight is 458 g/mol. The number of fused-ring (bicyclic) bond motifs is 1. The maximum atomic E-state index is 9.66. The molecular formula is C25H20BrN3O. The molecule has 1 heterocycles. The molecule has 5 heteroatoms.